The predicted molar refractivity (Wildman–Crippen MR) is 111 cm³/mol. The number of rotatable bonds is 7. The highest BCUT2D eigenvalue weighted by atomic mass is 16.5. The van der Waals surface area contributed by atoms with Crippen LogP contribution in [0.2, 0.25) is 0 Å². The third-order valence-corrected chi connectivity index (χ3v) is 5.05. The molecule has 2 aromatic carbocycles. The molecular formula is C23H28N2O3. The van der Waals surface area contributed by atoms with Crippen LogP contribution in [0.15, 0.2) is 42.5 Å². The van der Waals surface area contributed by atoms with Crippen LogP contribution in [-0.2, 0) is 11.2 Å². The highest BCUT2D eigenvalue weighted by Crippen LogP contribution is 2.24. The van der Waals surface area contributed by atoms with E-state index < -0.39 is 0 Å². The summed E-state index contributed by atoms with van der Waals surface area (Å²) in [5.74, 6) is 0.721. The lowest BCUT2D eigenvalue weighted by molar-refractivity contribution is -0.116. The fourth-order valence-corrected chi connectivity index (χ4v) is 3.60. The zero-order valence-electron chi connectivity index (χ0n) is 16.7. The number of likely N-dealkylation sites (tertiary alicyclic amines) is 1. The Hall–Kier alpha value is -2.82. The van der Waals surface area contributed by atoms with E-state index in [2.05, 4.69) is 5.32 Å². The molecule has 0 unspecified atom stereocenters. The number of nitrogens with zero attached hydrogens (tertiary/aromatic N) is 1. The molecule has 3 rings (SSSR count). The largest absolute Gasteiger partial charge is 0.494 e. The molecule has 1 heterocycles. The summed E-state index contributed by atoms with van der Waals surface area (Å²) in [4.78, 5) is 27.4. The second kappa shape index (κ2) is 9.40. The van der Waals surface area contributed by atoms with Gasteiger partial charge in [-0.3, -0.25) is 9.59 Å². The van der Waals surface area contributed by atoms with Crippen LogP contribution in [0.1, 0.15) is 47.7 Å². The van der Waals surface area contributed by atoms with Crippen LogP contribution in [0, 0.1) is 6.92 Å². The lowest BCUT2D eigenvalue weighted by atomic mass is 10.0. The molecule has 1 aliphatic heterocycles. The van der Waals surface area contributed by atoms with E-state index in [1.54, 1.807) is 0 Å². The van der Waals surface area contributed by atoms with Gasteiger partial charge in [0.1, 0.15) is 5.75 Å². The Kier molecular flexibility index (Phi) is 6.69. The summed E-state index contributed by atoms with van der Waals surface area (Å²) >= 11 is 0. The predicted octanol–water partition coefficient (Wildman–Crippen LogP) is 4.20. The van der Waals surface area contributed by atoms with Crippen molar-refractivity contribution in [1.29, 1.82) is 0 Å². The van der Waals surface area contributed by atoms with Gasteiger partial charge in [-0.1, -0.05) is 30.3 Å². The maximum Gasteiger partial charge on any atom is 0.256 e. The number of carbonyl (C=O) groups is 2. The fourth-order valence-electron chi connectivity index (χ4n) is 3.60. The number of benzene rings is 2. The second-order valence-corrected chi connectivity index (χ2v) is 7.09. The first kappa shape index (κ1) is 19.9. The molecule has 0 aromatic heterocycles. The number of nitrogens with one attached hydrogen (secondary N) is 1. The minimum atomic E-state index is -0.104. The lowest BCUT2D eigenvalue weighted by Gasteiger charge is -2.19. The van der Waals surface area contributed by atoms with Crippen LogP contribution < -0.4 is 10.1 Å². The van der Waals surface area contributed by atoms with Crippen LogP contribution in [0.25, 0.3) is 0 Å². The average Bonchev–Trinajstić information content (AvgIpc) is 3.22. The van der Waals surface area contributed by atoms with Gasteiger partial charge in [0, 0.05) is 19.5 Å². The molecule has 0 aliphatic carbocycles. The van der Waals surface area contributed by atoms with Crippen molar-refractivity contribution < 1.29 is 14.3 Å². The number of ether oxygens (including phenoxy) is 1. The summed E-state index contributed by atoms with van der Waals surface area (Å²) in [7, 11) is 0. The summed E-state index contributed by atoms with van der Waals surface area (Å²) < 4.78 is 5.63. The summed E-state index contributed by atoms with van der Waals surface area (Å²) in [5.41, 5.74) is 3.10. The molecule has 5 nitrogen and oxygen atoms in total. The van der Waals surface area contributed by atoms with Crippen LogP contribution in [0.4, 0.5) is 5.69 Å². The monoisotopic (exact) mass is 380 g/mol. The Morgan fingerprint density at radius 1 is 1.07 bits per heavy atom. The molecule has 148 valence electrons. The van der Waals surface area contributed by atoms with Crippen LogP contribution in [0.3, 0.4) is 0 Å². The molecule has 1 fully saturated rings. The summed E-state index contributed by atoms with van der Waals surface area (Å²) in [6, 6.07) is 13.4. The van der Waals surface area contributed by atoms with E-state index in [9.17, 15) is 9.59 Å². The van der Waals surface area contributed by atoms with Crippen molar-refractivity contribution in [2.45, 2.75) is 39.5 Å². The third kappa shape index (κ3) is 4.71. The van der Waals surface area contributed by atoms with Crippen molar-refractivity contribution in [3.05, 3.63) is 59.2 Å². The van der Waals surface area contributed by atoms with Gasteiger partial charge in [-0.2, -0.15) is 0 Å². The normalized spacial score (nSPS) is 13.4. The van der Waals surface area contributed by atoms with Gasteiger partial charge in [0.15, 0.2) is 0 Å². The van der Waals surface area contributed by atoms with Crippen molar-refractivity contribution in [3.8, 4) is 5.75 Å². The number of hydrogen-bond acceptors (Lipinski definition) is 3. The van der Waals surface area contributed by atoms with E-state index >= 15 is 0 Å². The Bertz CT molecular complexity index is 841. The summed E-state index contributed by atoms with van der Waals surface area (Å²) in [6.07, 6.45) is 3.00. The zero-order chi connectivity index (χ0) is 19.9. The van der Waals surface area contributed by atoms with Gasteiger partial charge in [0.05, 0.1) is 17.9 Å². The average molecular weight is 380 g/mol. The first-order chi connectivity index (χ1) is 13.6. The van der Waals surface area contributed by atoms with E-state index in [1.807, 2.05) is 61.2 Å². The minimum Gasteiger partial charge on any atom is -0.494 e. The zero-order valence-corrected chi connectivity index (χ0v) is 16.7. The molecule has 0 bridgehead atoms. The molecule has 0 atom stereocenters. The summed E-state index contributed by atoms with van der Waals surface area (Å²) in [5, 5.41) is 2.95. The Morgan fingerprint density at radius 2 is 1.82 bits per heavy atom. The molecule has 1 N–H and O–H groups in total. The van der Waals surface area contributed by atoms with Crippen LogP contribution >= 0.6 is 0 Å². The Morgan fingerprint density at radius 3 is 2.57 bits per heavy atom. The highest BCUT2D eigenvalue weighted by molar-refractivity contribution is 6.05. The van der Waals surface area contributed by atoms with Crippen molar-refractivity contribution >= 4 is 17.5 Å². The molecule has 2 amide bonds. The first-order valence-electron chi connectivity index (χ1n) is 9.99. The van der Waals surface area contributed by atoms with E-state index in [0.717, 1.165) is 42.8 Å². The molecule has 1 saturated heterocycles. The summed E-state index contributed by atoms with van der Waals surface area (Å²) in [6.45, 7) is 6.02. The molecule has 0 spiro atoms. The maximum atomic E-state index is 12.9. The number of hydrogen-bond donors (Lipinski definition) is 1. The smallest absolute Gasteiger partial charge is 0.256 e. The Labute approximate surface area is 166 Å². The number of amides is 2. The molecule has 5 heteroatoms. The van der Waals surface area contributed by atoms with Crippen molar-refractivity contribution in [1.82, 2.24) is 4.90 Å². The molecule has 0 radical (unpaired) electrons. The van der Waals surface area contributed by atoms with Gasteiger partial charge >= 0.3 is 0 Å². The van der Waals surface area contributed by atoms with Crippen molar-refractivity contribution in [2.75, 3.05) is 25.0 Å². The van der Waals surface area contributed by atoms with E-state index in [1.165, 1.54) is 0 Å². The minimum absolute atomic E-state index is 0.00703. The second-order valence-electron chi connectivity index (χ2n) is 7.09. The maximum absolute atomic E-state index is 12.9. The van der Waals surface area contributed by atoms with Crippen molar-refractivity contribution in [2.24, 2.45) is 0 Å². The lowest BCUT2D eigenvalue weighted by Crippen LogP contribution is -2.29. The molecular weight excluding hydrogens is 352 g/mol. The molecule has 2 aromatic rings. The number of aryl methyl sites for hydroxylation is 2. The van der Waals surface area contributed by atoms with Gasteiger partial charge in [-0.15, -0.1) is 0 Å². The van der Waals surface area contributed by atoms with Gasteiger partial charge < -0.3 is 15.0 Å². The van der Waals surface area contributed by atoms with E-state index in [4.69, 9.17) is 4.74 Å². The van der Waals surface area contributed by atoms with Crippen LogP contribution in [0.5, 0.6) is 5.75 Å². The molecule has 0 saturated carbocycles. The Balaban J connectivity index is 1.69. The number of anilines is 1. The van der Waals surface area contributed by atoms with Gasteiger partial charge in [0.25, 0.3) is 5.91 Å². The van der Waals surface area contributed by atoms with Gasteiger partial charge in [0.2, 0.25) is 5.91 Å². The third-order valence-electron chi connectivity index (χ3n) is 5.05. The highest BCUT2D eigenvalue weighted by Gasteiger charge is 2.24. The van der Waals surface area contributed by atoms with E-state index in [-0.39, 0.29) is 11.8 Å². The number of para-hydroxylation sites is 1. The van der Waals surface area contributed by atoms with Gasteiger partial charge in [-0.05, 0) is 56.4 Å². The van der Waals surface area contributed by atoms with Crippen LogP contribution in [-0.4, -0.2) is 36.4 Å². The fraction of sp³-hybridized carbons (Fsp3) is 0.391. The standard InChI is InChI=1S/C23H28N2O3/c1-3-28-20-12-5-4-10-18(20)13-14-21(26)24-19-11-8-9-17(2)22(19)23(27)25-15-6-7-16-25/h4-5,8-12H,3,6-7,13-16H2,1-2H3,(H,24,26). The quantitative estimate of drug-likeness (QED) is 0.783. The van der Waals surface area contributed by atoms with E-state index in [0.29, 0.717) is 30.7 Å². The topological polar surface area (TPSA) is 58.6 Å². The molecule has 28 heavy (non-hydrogen) atoms. The number of carbonyl (C=O) groups excluding carboxylic acids is 2. The first-order valence-corrected chi connectivity index (χ1v) is 9.99. The molecule has 1 aliphatic rings. The van der Waals surface area contributed by atoms with Gasteiger partial charge in [-0.25, -0.2) is 0 Å². The SMILES string of the molecule is CCOc1ccccc1CCC(=O)Nc1cccc(C)c1C(=O)N1CCCC1. The van der Waals surface area contributed by atoms with Crippen molar-refractivity contribution in [3.63, 3.8) is 0 Å².